The van der Waals surface area contributed by atoms with Crippen LogP contribution in [0.15, 0.2) is 22.8 Å². The average Bonchev–Trinajstić information content (AvgIpc) is 3.13. The lowest BCUT2D eigenvalue weighted by Crippen LogP contribution is -2.40. The van der Waals surface area contributed by atoms with Crippen molar-refractivity contribution in [3.05, 3.63) is 24.2 Å². The number of rotatable bonds is 5. The summed E-state index contributed by atoms with van der Waals surface area (Å²) in [5.41, 5.74) is 0. The summed E-state index contributed by atoms with van der Waals surface area (Å²) in [6, 6.07) is 4.12. The van der Waals surface area contributed by atoms with Crippen molar-refractivity contribution in [2.24, 2.45) is 17.8 Å². The first-order chi connectivity index (χ1) is 9.22. The summed E-state index contributed by atoms with van der Waals surface area (Å²) in [6.07, 6.45) is 8.40. The topological polar surface area (TPSA) is 42.2 Å². The molecule has 1 amide bonds. The van der Waals surface area contributed by atoms with Gasteiger partial charge in [-0.2, -0.15) is 0 Å². The minimum atomic E-state index is 0.159. The van der Waals surface area contributed by atoms with Crippen LogP contribution in [-0.2, 0) is 11.2 Å². The number of amides is 1. The Morgan fingerprint density at radius 2 is 2.37 bits per heavy atom. The number of fused-ring (bicyclic) bond motifs is 2. The van der Waals surface area contributed by atoms with E-state index in [1.165, 1.54) is 25.7 Å². The van der Waals surface area contributed by atoms with Gasteiger partial charge in [-0.25, -0.2) is 0 Å². The van der Waals surface area contributed by atoms with E-state index in [9.17, 15) is 4.79 Å². The Morgan fingerprint density at radius 1 is 1.47 bits per heavy atom. The minimum Gasteiger partial charge on any atom is -0.469 e. The van der Waals surface area contributed by atoms with Crippen LogP contribution in [0.1, 0.15) is 44.8 Å². The van der Waals surface area contributed by atoms with Gasteiger partial charge in [0.1, 0.15) is 5.76 Å². The Labute approximate surface area is 114 Å². The van der Waals surface area contributed by atoms with Crippen molar-refractivity contribution in [3.8, 4) is 0 Å². The number of nitrogens with one attached hydrogen (secondary N) is 1. The Bertz CT molecular complexity index is 426. The van der Waals surface area contributed by atoms with Gasteiger partial charge in [0, 0.05) is 18.9 Å². The molecular formula is C16H23NO2. The summed E-state index contributed by atoms with van der Waals surface area (Å²) in [5, 5.41) is 3.19. The minimum absolute atomic E-state index is 0.159. The van der Waals surface area contributed by atoms with Crippen LogP contribution in [0.25, 0.3) is 0 Å². The van der Waals surface area contributed by atoms with E-state index in [1.54, 1.807) is 6.26 Å². The molecule has 4 atom stereocenters. The van der Waals surface area contributed by atoms with Gasteiger partial charge in [-0.3, -0.25) is 4.79 Å². The first-order valence-corrected chi connectivity index (χ1v) is 7.54. The molecule has 0 spiro atoms. The van der Waals surface area contributed by atoms with E-state index in [0.717, 1.165) is 17.6 Å². The number of carbonyl (C=O) groups excluding carboxylic acids is 1. The second kappa shape index (κ2) is 5.40. The second-order valence-corrected chi connectivity index (χ2v) is 6.27. The van der Waals surface area contributed by atoms with Gasteiger partial charge in [-0.05, 0) is 56.1 Å². The second-order valence-electron chi connectivity index (χ2n) is 6.27. The third-order valence-electron chi connectivity index (χ3n) is 5.00. The van der Waals surface area contributed by atoms with Gasteiger partial charge in [0.25, 0.3) is 0 Å². The molecule has 19 heavy (non-hydrogen) atoms. The number of hydrogen-bond donors (Lipinski definition) is 1. The van der Waals surface area contributed by atoms with Gasteiger partial charge in [0.2, 0.25) is 5.91 Å². The number of aryl methyl sites for hydroxylation is 1. The maximum absolute atomic E-state index is 12.0. The predicted molar refractivity (Wildman–Crippen MR) is 73.6 cm³/mol. The average molecular weight is 261 g/mol. The van der Waals surface area contributed by atoms with Crippen molar-refractivity contribution in [3.63, 3.8) is 0 Å². The van der Waals surface area contributed by atoms with Crippen LogP contribution in [0.3, 0.4) is 0 Å². The summed E-state index contributed by atoms with van der Waals surface area (Å²) in [5.74, 6) is 3.57. The lowest BCUT2D eigenvalue weighted by Gasteiger charge is -2.28. The van der Waals surface area contributed by atoms with E-state index < -0.39 is 0 Å². The summed E-state index contributed by atoms with van der Waals surface area (Å²) in [4.78, 5) is 12.0. The molecule has 0 aliphatic heterocycles. The highest BCUT2D eigenvalue weighted by Crippen LogP contribution is 2.49. The highest BCUT2D eigenvalue weighted by Gasteiger charge is 2.41. The van der Waals surface area contributed by atoms with Gasteiger partial charge < -0.3 is 9.73 Å². The maximum Gasteiger partial charge on any atom is 0.220 e. The molecule has 3 rings (SSSR count). The van der Waals surface area contributed by atoms with Crippen LogP contribution in [0.5, 0.6) is 0 Å². The first kappa shape index (κ1) is 12.8. The molecule has 3 heteroatoms. The zero-order valence-corrected chi connectivity index (χ0v) is 11.6. The van der Waals surface area contributed by atoms with Crippen LogP contribution in [-0.4, -0.2) is 11.9 Å². The fourth-order valence-corrected chi connectivity index (χ4v) is 4.03. The third-order valence-corrected chi connectivity index (χ3v) is 5.00. The van der Waals surface area contributed by atoms with Crippen LogP contribution in [0, 0.1) is 17.8 Å². The van der Waals surface area contributed by atoms with Crippen LogP contribution < -0.4 is 5.32 Å². The number of furan rings is 1. The van der Waals surface area contributed by atoms with Crippen LogP contribution in [0.4, 0.5) is 0 Å². The van der Waals surface area contributed by atoms with Gasteiger partial charge >= 0.3 is 0 Å². The summed E-state index contributed by atoms with van der Waals surface area (Å²) in [7, 11) is 0. The Morgan fingerprint density at radius 3 is 3.00 bits per heavy atom. The normalized spacial score (nSPS) is 30.5. The zero-order valence-electron chi connectivity index (χ0n) is 11.6. The molecule has 1 heterocycles. The van der Waals surface area contributed by atoms with Gasteiger partial charge in [0.15, 0.2) is 0 Å². The molecule has 3 nitrogen and oxygen atoms in total. The van der Waals surface area contributed by atoms with Gasteiger partial charge in [0.05, 0.1) is 6.26 Å². The van der Waals surface area contributed by atoms with Gasteiger partial charge in [-0.15, -0.1) is 0 Å². The lowest BCUT2D eigenvalue weighted by atomic mass is 9.84. The van der Waals surface area contributed by atoms with Crippen molar-refractivity contribution >= 4 is 5.91 Å². The SMILES string of the molecule is C[C@H](NC(=O)CCc1ccco1)[C@H]1C[C@H]2CC[C@H]1C2. The summed E-state index contributed by atoms with van der Waals surface area (Å²) < 4.78 is 5.25. The zero-order chi connectivity index (χ0) is 13.2. The Hall–Kier alpha value is -1.25. The summed E-state index contributed by atoms with van der Waals surface area (Å²) in [6.45, 7) is 2.18. The van der Waals surface area contributed by atoms with E-state index in [4.69, 9.17) is 4.42 Å². The van der Waals surface area contributed by atoms with Crippen molar-refractivity contribution in [1.82, 2.24) is 5.32 Å². The van der Waals surface area contributed by atoms with E-state index in [1.807, 2.05) is 12.1 Å². The monoisotopic (exact) mass is 261 g/mol. The third kappa shape index (κ3) is 2.85. The standard InChI is InChI=1S/C16H23NO2/c1-11(15-10-12-4-5-13(15)9-12)17-16(18)7-6-14-3-2-8-19-14/h2-3,8,11-13,15H,4-7,9-10H2,1H3,(H,17,18)/t11-,12-,13-,15+/m0/s1. The summed E-state index contributed by atoms with van der Waals surface area (Å²) >= 11 is 0. The van der Waals surface area contributed by atoms with E-state index >= 15 is 0 Å². The smallest absolute Gasteiger partial charge is 0.220 e. The van der Waals surface area contributed by atoms with Gasteiger partial charge in [-0.1, -0.05) is 6.42 Å². The Balaban J connectivity index is 1.44. The highest BCUT2D eigenvalue weighted by atomic mass is 16.3. The van der Waals surface area contributed by atoms with E-state index in [-0.39, 0.29) is 5.91 Å². The molecule has 0 saturated heterocycles. The van der Waals surface area contributed by atoms with E-state index in [0.29, 0.717) is 24.8 Å². The highest BCUT2D eigenvalue weighted by molar-refractivity contribution is 5.76. The molecule has 0 aromatic carbocycles. The molecule has 2 fully saturated rings. The molecule has 2 aliphatic carbocycles. The van der Waals surface area contributed by atoms with Crippen molar-refractivity contribution in [2.45, 2.75) is 51.5 Å². The molecule has 0 radical (unpaired) electrons. The van der Waals surface area contributed by atoms with Crippen molar-refractivity contribution in [2.75, 3.05) is 0 Å². The van der Waals surface area contributed by atoms with Crippen molar-refractivity contribution < 1.29 is 9.21 Å². The fourth-order valence-electron chi connectivity index (χ4n) is 4.03. The first-order valence-electron chi connectivity index (χ1n) is 7.54. The fraction of sp³-hybridized carbons (Fsp3) is 0.688. The molecule has 2 aliphatic rings. The molecule has 1 aromatic rings. The molecule has 2 saturated carbocycles. The largest absolute Gasteiger partial charge is 0.469 e. The molecule has 1 aromatic heterocycles. The quantitative estimate of drug-likeness (QED) is 0.884. The lowest BCUT2D eigenvalue weighted by molar-refractivity contribution is -0.122. The number of carbonyl (C=O) groups is 1. The predicted octanol–water partition coefficient (Wildman–Crippen LogP) is 3.15. The molecule has 1 N–H and O–H groups in total. The molecule has 2 bridgehead atoms. The Kier molecular flexibility index (Phi) is 3.63. The number of hydrogen-bond acceptors (Lipinski definition) is 2. The van der Waals surface area contributed by atoms with E-state index in [2.05, 4.69) is 12.2 Å². The van der Waals surface area contributed by atoms with Crippen LogP contribution in [0.2, 0.25) is 0 Å². The molecular weight excluding hydrogens is 238 g/mol. The maximum atomic E-state index is 12.0. The van der Waals surface area contributed by atoms with Crippen LogP contribution >= 0.6 is 0 Å². The molecule has 104 valence electrons. The molecule has 0 unspecified atom stereocenters. The van der Waals surface area contributed by atoms with Crippen molar-refractivity contribution in [1.29, 1.82) is 0 Å².